The Morgan fingerprint density at radius 2 is 2.03 bits per heavy atom. The summed E-state index contributed by atoms with van der Waals surface area (Å²) in [4.78, 5) is 21.3. The lowest BCUT2D eigenvalue weighted by Gasteiger charge is -2.27. The van der Waals surface area contributed by atoms with Crippen molar-refractivity contribution in [2.75, 3.05) is 22.6 Å². The van der Waals surface area contributed by atoms with Crippen LogP contribution in [0.2, 0.25) is 0 Å². The second-order valence-electron chi connectivity index (χ2n) is 8.00. The van der Waals surface area contributed by atoms with Crippen molar-refractivity contribution in [1.29, 1.82) is 0 Å². The Bertz CT molecular complexity index is 1030. The Labute approximate surface area is 180 Å². The molecule has 0 bridgehead atoms. The van der Waals surface area contributed by atoms with Crippen LogP contribution in [-0.2, 0) is 0 Å². The first-order chi connectivity index (χ1) is 15.0. The summed E-state index contributed by atoms with van der Waals surface area (Å²) in [7, 11) is 0. The largest absolute Gasteiger partial charge is 0.394 e. The van der Waals surface area contributed by atoms with Gasteiger partial charge in [-0.25, -0.2) is 9.50 Å². The van der Waals surface area contributed by atoms with Crippen LogP contribution in [0.1, 0.15) is 43.1 Å². The topological polar surface area (TPSA) is 142 Å². The summed E-state index contributed by atoms with van der Waals surface area (Å²) in [5, 5.41) is 23.7. The van der Waals surface area contributed by atoms with Crippen LogP contribution >= 0.6 is 0 Å². The highest BCUT2D eigenvalue weighted by molar-refractivity contribution is 6.03. The number of aromatic nitrogens is 4. The molecule has 3 aromatic rings. The number of hydrogen-bond donors (Lipinski definition) is 5. The Morgan fingerprint density at radius 1 is 1.29 bits per heavy atom. The molecule has 0 aromatic carbocycles. The predicted molar refractivity (Wildman–Crippen MR) is 119 cm³/mol. The highest BCUT2D eigenvalue weighted by Crippen LogP contribution is 2.25. The first-order valence-corrected chi connectivity index (χ1v) is 10.5. The summed E-state index contributed by atoms with van der Waals surface area (Å²) in [5.41, 5.74) is 8.16. The summed E-state index contributed by atoms with van der Waals surface area (Å²) in [5.74, 6) is 0.310. The molecule has 1 aliphatic rings. The maximum Gasteiger partial charge on any atom is 0.276 e. The first-order valence-electron chi connectivity index (χ1n) is 10.5. The minimum absolute atomic E-state index is 0.0339. The highest BCUT2D eigenvalue weighted by atomic mass is 16.3. The van der Waals surface area contributed by atoms with E-state index in [0.717, 1.165) is 25.7 Å². The number of rotatable bonds is 7. The molecule has 4 rings (SSSR count). The van der Waals surface area contributed by atoms with Gasteiger partial charge >= 0.3 is 0 Å². The Hall–Kier alpha value is -3.24. The second kappa shape index (κ2) is 9.27. The van der Waals surface area contributed by atoms with E-state index in [-0.39, 0.29) is 30.6 Å². The van der Waals surface area contributed by atoms with E-state index in [1.807, 2.05) is 13.0 Å². The fourth-order valence-electron chi connectivity index (χ4n) is 3.71. The molecule has 3 aromatic heterocycles. The van der Waals surface area contributed by atoms with Gasteiger partial charge in [-0.1, -0.05) is 0 Å². The minimum Gasteiger partial charge on any atom is -0.394 e. The number of carbonyl (C=O) groups is 1. The molecule has 1 fully saturated rings. The molecular formula is C21H28N8O2. The third-order valence-corrected chi connectivity index (χ3v) is 5.44. The number of nitrogens with zero attached hydrogens (tertiary/aromatic N) is 4. The van der Waals surface area contributed by atoms with Crippen molar-refractivity contribution >= 4 is 28.7 Å². The SMILES string of the molecule is CC(CO)Nc1cc(NC2CCC(N)CC2)nn2c(C(=O)Nc3ccncc3)cnc12. The molecule has 0 radical (unpaired) electrons. The number of carbonyl (C=O) groups excluding carboxylic acids is 1. The molecule has 164 valence electrons. The number of fused-ring (bicyclic) bond motifs is 1. The summed E-state index contributed by atoms with van der Waals surface area (Å²) < 4.78 is 1.53. The maximum atomic E-state index is 12.9. The fourth-order valence-corrected chi connectivity index (χ4v) is 3.71. The van der Waals surface area contributed by atoms with Crippen molar-refractivity contribution in [2.45, 2.75) is 50.7 Å². The quantitative estimate of drug-likeness (QED) is 0.387. The molecule has 31 heavy (non-hydrogen) atoms. The second-order valence-corrected chi connectivity index (χ2v) is 8.00. The average Bonchev–Trinajstić information content (AvgIpc) is 3.20. The van der Waals surface area contributed by atoms with E-state index in [1.165, 1.54) is 10.7 Å². The monoisotopic (exact) mass is 424 g/mol. The van der Waals surface area contributed by atoms with Crippen molar-refractivity contribution in [3.05, 3.63) is 42.5 Å². The van der Waals surface area contributed by atoms with E-state index in [4.69, 9.17) is 5.73 Å². The van der Waals surface area contributed by atoms with Gasteiger partial charge in [-0.15, -0.1) is 5.10 Å². The number of anilines is 3. The molecule has 1 saturated carbocycles. The molecule has 1 aliphatic carbocycles. The summed E-state index contributed by atoms with van der Waals surface area (Å²) in [6, 6.07) is 5.64. The molecule has 10 heteroatoms. The van der Waals surface area contributed by atoms with Crippen LogP contribution in [0.25, 0.3) is 5.65 Å². The fraction of sp³-hybridized carbons (Fsp3) is 0.429. The van der Waals surface area contributed by atoms with Gasteiger partial charge in [0.2, 0.25) is 0 Å². The van der Waals surface area contributed by atoms with Crippen LogP contribution in [0.4, 0.5) is 17.2 Å². The molecule has 3 heterocycles. The third kappa shape index (κ3) is 4.92. The van der Waals surface area contributed by atoms with Crippen molar-refractivity contribution < 1.29 is 9.90 Å². The lowest BCUT2D eigenvalue weighted by atomic mass is 9.92. The molecule has 10 nitrogen and oxygen atoms in total. The van der Waals surface area contributed by atoms with Gasteiger partial charge in [-0.3, -0.25) is 9.78 Å². The zero-order chi connectivity index (χ0) is 21.8. The van der Waals surface area contributed by atoms with Gasteiger partial charge in [-0.2, -0.15) is 0 Å². The smallest absolute Gasteiger partial charge is 0.276 e. The Balaban J connectivity index is 1.65. The van der Waals surface area contributed by atoms with Crippen LogP contribution in [0.15, 0.2) is 36.8 Å². The van der Waals surface area contributed by atoms with E-state index < -0.39 is 0 Å². The maximum absolute atomic E-state index is 12.9. The molecule has 1 atom stereocenters. The molecular weight excluding hydrogens is 396 g/mol. The van der Waals surface area contributed by atoms with Crippen LogP contribution in [0, 0.1) is 0 Å². The van der Waals surface area contributed by atoms with E-state index in [1.54, 1.807) is 24.5 Å². The van der Waals surface area contributed by atoms with Crippen LogP contribution < -0.4 is 21.7 Å². The summed E-state index contributed by atoms with van der Waals surface area (Å²) in [6.07, 6.45) is 8.59. The van der Waals surface area contributed by atoms with Gasteiger partial charge in [0.05, 0.1) is 18.5 Å². The summed E-state index contributed by atoms with van der Waals surface area (Å²) in [6.45, 7) is 1.83. The molecule has 1 amide bonds. The standard InChI is InChI=1S/C21H28N8O2/c1-13(12-30)25-17-10-19(26-15-4-2-14(22)3-5-15)28-29-18(11-24-20(17)29)21(31)27-16-6-8-23-9-7-16/h6-11,13-15,25,30H,2-5,12,22H2,1H3,(H,26,28)(H,23,27,31). The van der Waals surface area contributed by atoms with Crippen molar-refractivity contribution in [3.63, 3.8) is 0 Å². The van der Waals surface area contributed by atoms with Gasteiger partial charge in [0.25, 0.3) is 5.91 Å². The van der Waals surface area contributed by atoms with Crippen LogP contribution in [-0.4, -0.2) is 55.3 Å². The molecule has 0 aliphatic heterocycles. The van der Waals surface area contributed by atoms with Crippen LogP contribution in [0.5, 0.6) is 0 Å². The van der Waals surface area contributed by atoms with Crippen LogP contribution in [0.3, 0.4) is 0 Å². The lowest BCUT2D eigenvalue weighted by Crippen LogP contribution is -2.33. The third-order valence-electron chi connectivity index (χ3n) is 5.44. The van der Waals surface area contributed by atoms with Gasteiger partial charge in [0, 0.05) is 42.3 Å². The lowest BCUT2D eigenvalue weighted by molar-refractivity contribution is 0.102. The predicted octanol–water partition coefficient (Wildman–Crippen LogP) is 1.85. The summed E-state index contributed by atoms with van der Waals surface area (Å²) >= 11 is 0. The van der Waals surface area contributed by atoms with E-state index >= 15 is 0 Å². The van der Waals surface area contributed by atoms with E-state index in [0.29, 0.717) is 28.5 Å². The average molecular weight is 425 g/mol. The Morgan fingerprint density at radius 3 is 2.74 bits per heavy atom. The number of nitrogens with two attached hydrogens (primary N) is 1. The first kappa shape index (κ1) is 21.0. The number of nitrogens with one attached hydrogen (secondary N) is 3. The van der Waals surface area contributed by atoms with Crippen molar-refractivity contribution in [3.8, 4) is 0 Å². The molecule has 0 spiro atoms. The highest BCUT2D eigenvalue weighted by Gasteiger charge is 2.21. The normalized spacial score (nSPS) is 19.7. The zero-order valence-electron chi connectivity index (χ0n) is 17.5. The molecule has 0 saturated heterocycles. The van der Waals surface area contributed by atoms with Crippen molar-refractivity contribution in [2.24, 2.45) is 5.73 Å². The van der Waals surface area contributed by atoms with Gasteiger partial charge < -0.3 is 26.8 Å². The molecule has 1 unspecified atom stereocenters. The molecule has 6 N–H and O–H groups in total. The minimum atomic E-state index is -0.326. The Kier molecular flexibility index (Phi) is 6.28. The number of aliphatic hydroxyl groups excluding tert-OH is 1. The van der Waals surface area contributed by atoms with Gasteiger partial charge in [0.1, 0.15) is 5.82 Å². The number of imidazole rings is 1. The van der Waals surface area contributed by atoms with E-state index in [2.05, 4.69) is 31.0 Å². The van der Waals surface area contributed by atoms with Gasteiger partial charge in [0.15, 0.2) is 11.3 Å². The number of aliphatic hydroxyl groups is 1. The zero-order valence-corrected chi connectivity index (χ0v) is 17.5. The van der Waals surface area contributed by atoms with Crippen molar-refractivity contribution in [1.82, 2.24) is 19.6 Å². The number of amides is 1. The number of hydrogen-bond acceptors (Lipinski definition) is 8. The number of pyridine rings is 1. The van der Waals surface area contributed by atoms with E-state index in [9.17, 15) is 9.90 Å². The van der Waals surface area contributed by atoms with Gasteiger partial charge in [-0.05, 0) is 44.7 Å².